The van der Waals surface area contributed by atoms with Gasteiger partial charge in [-0.05, 0) is 23.3 Å². The van der Waals surface area contributed by atoms with Gasteiger partial charge >= 0.3 is 5.97 Å². The Morgan fingerprint density at radius 3 is 2.82 bits per heavy atom. The quantitative estimate of drug-likeness (QED) is 0.732. The number of hydrogen-bond donors (Lipinski definition) is 2. The lowest BCUT2D eigenvalue weighted by molar-refractivity contribution is -0.153. The molecule has 0 amide bonds. The second-order valence-corrected chi connectivity index (χ2v) is 4.18. The summed E-state index contributed by atoms with van der Waals surface area (Å²) in [4.78, 5) is 11.4. The van der Waals surface area contributed by atoms with Crippen LogP contribution in [0.1, 0.15) is 12.8 Å². The fourth-order valence-corrected chi connectivity index (χ4v) is 1.86. The van der Waals surface area contributed by atoms with Gasteiger partial charge in [0.15, 0.2) is 0 Å². The van der Waals surface area contributed by atoms with E-state index in [4.69, 9.17) is 4.74 Å². The Kier molecular flexibility index (Phi) is 3.23. The molecule has 1 aliphatic heterocycles. The van der Waals surface area contributed by atoms with E-state index in [1.165, 1.54) is 4.68 Å². The first-order valence-corrected chi connectivity index (χ1v) is 5.41. The van der Waals surface area contributed by atoms with Crippen molar-refractivity contribution in [3.8, 4) is 0 Å². The van der Waals surface area contributed by atoms with Crippen molar-refractivity contribution in [3.63, 3.8) is 0 Å². The van der Waals surface area contributed by atoms with Crippen LogP contribution in [0.15, 0.2) is 0 Å². The number of anilines is 1. The highest BCUT2D eigenvalue weighted by Crippen LogP contribution is 2.30. The van der Waals surface area contributed by atoms with E-state index in [9.17, 15) is 9.90 Å². The minimum absolute atomic E-state index is 0.305. The summed E-state index contributed by atoms with van der Waals surface area (Å²) in [6.45, 7) is 1.26. The summed E-state index contributed by atoms with van der Waals surface area (Å²) in [6, 6.07) is 0. The molecule has 1 aromatic heterocycles. The second kappa shape index (κ2) is 4.66. The molecule has 0 aliphatic carbocycles. The number of ether oxygens (including phenoxy) is 1. The van der Waals surface area contributed by atoms with Crippen LogP contribution < -0.4 is 5.32 Å². The van der Waals surface area contributed by atoms with Crippen molar-refractivity contribution in [1.29, 1.82) is 0 Å². The van der Waals surface area contributed by atoms with Crippen LogP contribution in [0.3, 0.4) is 0 Å². The van der Waals surface area contributed by atoms with E-state index in [1.54, 1.807) is 7.05 Å². The summed E-state index contributed by atoms with van der Waals surface area (Å²) < 4.78 is 6.67. The smallest absolute Gasteiger partial charge is 0.311 e. The number of aryl methyl sites for hydroxylation is 1. The third-order valence-electron chi connectivity index (χ3n) is 3.11. The van der Waals surface area contributed by atoms with E-state index < -0.39 is 11.4 Å². The van der Waals surface area contributed by atoms with Crippen molar-refractivity contribution in [2.24, 2.45) is 12.5 Å². The van der Waals surface area contributed by atoms with Crippen molar-refractivity contribution in [3.05, 3.63) is 0 Å². The van der Waals surface area contributed by atoms with E-state index in [1.807, 2.05) is 0 Å². The molecule has 1 saturated heterocycles. The largest absolute Gasteiger partial charge is 0.481 e. The van der Waals surface area contributed by atoms with Gasteiger partial charge in [0.2, 0.25) is 5.95 Å². The molecule has 2 rings (SSSR count). The summed E-state index contributed by atoms with van der Waals surface area (Å²) in [5, 5.41) is 23.2. The number of nitrogens with one attached hydrogen (secondary N) is 1. The average Bonchev–Trinajstić information content (AvgIpc) is 2.73. The van der Waals surface area contributed by atoms with Crippen LogP contribution in [0.2, 0.25) is 0 Å². The Labute approximate surface area is 97.9 Å². The minimum atomic E-state index is -0.802. The van der Waals surface area contributed by atoms with Crippen molar-refractivity contribution in [2.45, 2.75) is 12.8 Å². The number of carbonyl (C=O) groups is 1. The maximum atomic E-state index is 11.4. The second-order valence-electron chi connectivity index (χ2n) is 4.18. The minimum Gasteiger partial charge on any atom is -0.481 e. The Bertz CT molecular complexity index is 399. The summed E-state index contributed by atoms with van der Waals surface area (Å²) in [5.41, 5.74) is -0.787. The molecule has 1 aromatic rings. The number of rotatable bonds is 4. The molecular formula is C9H15N5O3. The van der Waals surface area contributed by atoms with Crippen LogP contribution in [0, 0.1) is 5.41 Å². The summed E-state index contributed by atoms with van der Waals surface area (Å²) >= 11 is 0. The van der Waals surface area contributed by atoms with Crippen molar-refractivity contribution in [1.82, 2.24) is 20.2 Å². The zero-order valence-electron chi connectivity index (χ0n) is 9.59. The highest BCUT2D eigenvalue weighted by Gasteiger charge is 2.40. The average molecular weight is 241 g/mol. The fourth-order valence-electron chi connectivity index (χ4n) is 1.86. The van der Waals surface area contributed by atoms with Crippen LogP contribution in [0.5, 0.6) is 0 Å². The molecule has 0 saturated carbocycles. The fraction of sp³-hybridized carbons (Fsp3) is 0.778. The van der Waals surface area contributed by atoms with Crippen LogP contribution >= 0.6 is 0 Å². The lowest BCUT2D eigenvalue weighted by Gasteiger charge is -2.33. The van der Waals surface area contributed by atoms with E-state index in [0.717, 1.165) is 0 Å². The van der Waals surface area contributed by atoms with Crippen molar-refractivity contribution in [2.75, 3.05) is 25.1 Å². The zero-order chi connectivity index (χ0) is 12.3. The van der Waals surface area contributed by atoms with E-state index in [2.05, 4.69) is 20.8 Å². The van der Waals surface area contributed by atoms with Gasteiger partial charge < -0.3 is 15.2 Å². The number of hydrogen-bond acceptors (Lipinski definition) is 6. The van der Waals surface area contributed by atoms with Gasteiger partial charge in [0.1, 0.15) is 0 Å². The van der Waals surface area contributed by atoms with Gasteiger partial charge in [-0.2, -0.15) is 0 Å². The standard InChI is InChI=1S/C9H15N5O3/c1-14-8(11-12-13-14)10-6-9(7(15)16)2-4-17-5-3-9/h2-6H2,1H3,(H,15,16)(H,10,11,13). The van der Waals surface area contributed by atoms with E-state index in [-0.39, 0.29) is 0 Å². The number of carboxylic acids is 1. The van der Waals surface area contributed by atoms with Crippen LogP contribution in [-0.4, -0.2) is 51.0 Å². The van der Waals surface area contributed by atoms with Gasteiger partial charge in [-0.15, -0.1) is 0 Å². The third-order valence-corrected chi connectivity index (χ3v) is 3.11. The monoisotopic (exact) mass is 241 g/mol. The number of tetrazole rings is 1. The summed E-state index contributed by atoms with van der Waals surface area (Å²) in [5.74, 6) is -0.333. The molecule has 0 spiro atoms. The summed E-state index contributed by atoms with van der Waals surface area (Å²) in [6.07, 6.45) is 1.00. The maximum absolute atomic E-state index is 11.4. The van der Waals surface area contributed by atoms with E-state index in [0.29, 0.717) is 38.5 Å². The Morgan fingerprint density at radius 2 is 2.29 bits per heavy atom. The highest BCUT2D eigenvalue weighted by molar-refractivity contribution is 5.75. The van der Waals surface area contributed by atoms with Crippen molar-refractivity contribution >= 4 is 11.9 Å². The molecule has 2 heterocycles. The molecule has 0 radical (unpaired) electrons. The SMILES string of the molecule is Cn1nnnc1NCC1(C(=O)O)CCOCC1. The Balaban J connectivity index is 2.03. The molecule has 0 bridgehead atoms. The molecule has 1 fully saturated rings. The predicted octanol–water partition coefficient (Wildman–Crippen LogP) is -0.497. The number of carboxylic acid groups (broad SMARTS) is 1. The lowest BCUT2D eigenvalue weighted by Crippen LogP contribution is -2.43. The summed E-state index contributed by atoms with van der Waals surface area (Å²) in [7, 11) is 1.69. The first-order valence-electron chi connectivity index (χ1n) is 5.41. The van der Waals surface area contributed by atoms with Crippen LogP contribution in [0.4, 0.5) is 5.95 Å². The van der Waals surface area contributed by atoms with Gasteiger partial charge in [-0.1, -0.05) is 5.10 Å². The molecule has 94 valence electrons. The molecule has 17 heavy (non-hydrogen) atoms. The first kappa shape index (κ1) is 11.8. The first-order chi connectivity index (χ1) is 8.14. The molecular weight excluding hydrogens is 226 g/mol. The van der Waals surface area contributed by atoms with Gasteiger partial charge in [0.05, 0.1) is 5.41 Å². The van der Waals surface area contributed by atoms with Crippen molar-refractivity contribution < 1.29 is 14.6 Å². The zero-order valence-corrected chi connectivity index (χ0v) is 9.59. The molecule has 0 unspecified atom stereocenters. The number of aliphatic carboxylic acids is 1. The molecule has 8 heteroatoms. The van der Waals surface area contributed by atoms with Gasteiger partial charge in [-0.3, -0.25) is 4.79 Å². The topological polar surface area (TPSA) is 102 Å². The lowest BCUT2D eigenvalue weighted by atomic mass is 9.80. The van der Waals surface area contributed by atoms with Gasteiger partial charge in [0.25, 0.3) is 0 Å². The highest BCUT2D eigenvalue weighted by atomic mass is 16.5. The molecule has 0 atom stereocenters. The molecule has 0 aromatic carbocycles. The molecule has 8 nitrogen and oxygen atoms in total. The number of nitrogens with zero attached hydrogens (tertiary/aromatic N) is 4. The Morgan fingerprint density at radius 1 is 1.59 bits per heavy atom. The molecule has 2 N–H and O–H groups in total. The van der Waals surface area contributed by atoms with Gasteiger partial charge in [0, 0.05) is 26.8 Å². The third kappa shape index (κ3) is 2.36. The van der Waals surface area contributed by atoms with Crippen LogP contribution in [-0.2, 0) is 16.6 Å². The van der Waals surface area contributed by atoms with E-state index >= 15 is 0 Å². The normalized spacial score (nSPS) is 18.9. The molecule has 1 aliphatic rings. The number of aromatic nitrogens is 4. The van der Waals surface area contributed by atoms with Crippen LogP contribution in [0.25, 0.3) is 0 Å². The van der Waals surface area contributed by atoms with Gasteiger partial charge in [-0.25, -0.2) is 4.68 Å². The predicted molar refractivity (Wildman–Crippen MR) is 57.4 cm³/mol. The maximum Gasteiger partial charge on any atom is 0.311 e. The Hall–Kier alpha value is -1.70.